The predicted molar refractivity (Wildman–Crippen MR) is 79.4 cm³/mol. The number of rotatable bonds is 6. The van der Waals surface area contributed by atoms with Crippen LogP contribution in [0.4, 0.5) is 0 Å². The zero-order valence-electron chi connectivity index (χ0n) is 10.7. The van der Waals surface area contributed by atoms with Crippen LogP contribution in [0.1, 0.15) is 12.0 Å². The highest BCUT2D eigenvalue weighted by Gasteiger charge is 2.24. The molecule has 0 amide bonds. The fourth-order valence-corrected chi connectivity index (χ4v) is 3.57. The highest BCUT2D eigenvalue weighted by Crippen LogP contribution is 2.22. The Labute approximate surface area is 118 Å². The van der Waals surface area contributed by atoms with Gasteiger partial charge in [-0.25, -0.2) is 0 Å². The van der Waals surface area contributed by atoms with E-state index in [-0.39, 0.29) is 0 Å². The van der Waals surface area contributed by atoms with E-state index in [1.807, 2.05) is 30.9 Å². The van der Waals surface area contributed by atoms with Crippen molar-refractivity contribution in [3.63, 3.8) is 0 Å². The molecule has 1 aromatic carbocycles. The molecule has 0 spiro atoms. The molecule has 0 saturated carbocycles. The van der Waals surface area contributed by atoms with Crippen molar-refractivity contribution < 1.29 is 4.74 Å². The molecule has 1 fully saturated rings. The van der Waals surface area contributed by atoms with Crippen LogP contribution in [0.25, 0.3) is 0 Å². The van der Waals surface area contributed by atoms with E-state index in [0.717, 1.165) is 29.7 Å². The monoisotopic (exact) mass is 285 g/mol. The lowest BCUT2D eigenvalue weighted by Gasteiger charge is -2.21. The maximum atomic E-state index is 5.87. The average molecular weight is 286 g/mol. The highest BCUT2D eigenvalue weighted by molar-refractivity contribution is 7.98. The lowest BCUT2D eigenvalue weighted by atomic mass is 10.0. The molecule has 2 atom stereocenters. The minimum atomic E-state index is 0.560. The van der Waals surface area contributed by atoms with Crippen molar-refractivity contribution in [1.82, 2.24) is 5.32 Å². The first-order chi connectivity index (χ1) is 8.79. The first-order valence-electron chi connectivity index (χ1n) is 6.37. The van der Waals surface area contributed by atoms with Crippen molar-refractivity contribution in [3.8, 4) is 0 Å². The largest absolute Gasteiger partial charge is 0.381 e. The maximum absolute atomic E-state index is 5.87. The lowest BCUT2D eigenvalue weighted by Crippen LogP contribution is -2.36. The first-order valence-corrected chi connectivity index (χ1v) is 7.90. The molecule has 18 heavy (non-hydrogen) atoms. The summed E-state index contributed by atoms with van der Waals surface area (Å²) >= 11 is 7.84. The third-order valence-electron chi connectivity index (χ3n) is 3.38. The smallest absolute Gasteiger partial charge is 0.0510 e. The molecule has 4 heteroatoms. The summed E-state index contributed by atoms with van der Waals surface area (Å²) < 4.78 is 5.45. The van der Waals surface area contributed by atoms with Crippen molar-refractivity contribution in [3.05, 3.63) is 34.9 Å². The van der Waals surface area contributed by atoms with E-state index in [1.54, 1.807) is 0 Å². The van der Waals surface area contributed by atoms with Gasteiger partial charge in [-0.05, 0) is 31.2 Å². The molecule has 1 aromatic rings. The molecular weight excluding hydrogens is 266 g/mol. The molecule has 1 aliphatic rings. The second-order valence-corrected chi connectivity index (χ2v) is 6.13. The van der Waals surface area contributed by atoms with Crippen LogP contribution in [0.15, 0.2) is 24.3 Å². The van der Waals surface area contributed by atoms with E-state index < -0.39 is 0 Å². The van der Waals surface area contributed by atoms with Crippen molar-refractivity contribution in [1.29, 1.82) is 0 Å². The second kappa shape index (κ2) is 7.39. The van der Waals surface area contributed by atoms with Crippen molar-refractivity contribution >= 4 is 23.4 Å². The quantitative estimate of drug-likeness (QED) is 0.867. The molecule has 0 bridgehead atoms. The van der Waals surface area contributed by atoms with Crippen molar-refractivity contribution in [2.45, 2.75) is 18.2 Å². The number of halogens is 1. The van der Waals surface area contributed by atoms with Gasteiger partial charge >= 0.3 is 0 Å². The van der Waals surface area contributed by atoms with Crippen LogP contribution in [0.3, 0.4) is 0 Å². The first kappa shape index (κ1) is 14.2. The van der Waals surface area contributed by atoms with Gasteiger partial charge in [-0.15, -0.1) is 0 Å². The van der Waals surface area contributed by atoms with Gasteiger partial charge in [0, 0.05) is 35.1 Å². The molecule has 0 aliphatic carbocycles. The Kier molecular flexibility index (Phi) is 5.83. The lowest BCUT2D eigenvalue weighted by molar-refractivity contribution is 0.180. The van der Waals surface area contributed by atoms with E-state index >= 15 is 0 Å². The molecule has 2 nitrogen and oxygen atoms in total. The summed E-state index contributed by atoms with van der Waals surface area (Å²) in [6.45, 7) is 1.83. The molecule has 2 unspecified atom stereocenters. The van der Waals surface area contributed by atoms with Gasteiger partial charge in [0.2, 0.25) is 0 Å². The van der Waals surface area contributed by atoms with Crippen LogP contribution in [-0.4, -0.2) is 32.1 Å². The summed E-state index contributed by atoms with van der Waals surface area (Å²) in [5.74, 6) is 2.85. The molecule has 0 radical (unpaired) electrons. The predicted octanol–water partition coefficient (Wildman–Crippen LogP) is 3.20. The molecule has 1 heterocycles. The van der Waals surface area contributed by atoms with E-state index in [9.17, 15) is 0 Å². The number of nitrogens with one attached hydrogen (secondary N) is 1. The van der Waals surface area contributed by atoms with Gasteiger partial charge in [0.15, 0.2) is 0 Å². The zero-order chi connectivity index (χ0) is 12.8. The SMILES string of the molecule is CNC(CSCc1ccc(Cl)cc1)C1CCOC1. The van der Waals surface area contributed by atoms with Gasteiger partial charge in [0.25, 0.3) is 0 Å². The molecule has 2 rings (SSSR count). The summed E-state index contributed by atoms with van der Waals surface area (Å²) in [7, 11) is 2.05. The summed E-state index contributed by atoms with van der Waals surface area (Å²) in [6.07, 6.45) is 1.19. The number of benzene rings is 1. The Hall–Kier alpha value is -0.220. The number of hydrogen-bond acceptors (Lipinski definition) is 3. The summed E-state index contributed by atoms with van der Waals surface area (Å²) in [4.78, 5) is 0. The molecule has 0 aromatic heterocycles. The highest BCUT2D eigenvalue weighted by atomic mass is 35.5. The normalized spacial score (nSPS) is 21.1. The minimum absolute atomic E-state index is 0.560. The van der Waals surface area contributed by atoms with Crippen LogP contribution in [0.2, 0.25) is 5.02 Å². The fraction of sp³-hybridized carbons (Fsp3) is 0.571. The topological polar surface area (TPSA) is 21.3 Å². The van der Waals surface area contributed by atoms with E-state index in [2.05, 4.69) is 17.4 Å². The Morgan fingerprint density at radius 1 is 1.44 bits per heavy atom. The average Bonchev–Trinajstić information content (AvgIpc) is 2.91. The number of thioether (sulfide) groups is 1. The third-order valence-corrected chi connectivity index (χ3v) is 4.77. The molecule has 1 N–H and O–H groups in total. The second-order valence-electron chi connectivity index (χ2n) is 4.66. The Morgan fingerprint density at radius 3 is 2.83 bits per heavy atom. The van der Waals surface area contributed by atoms with Crippen molar-refractivity contribution in [2.24, 2.45) is 5.92 Å². The Bertz CT molecular complexity index is 351. The van der Waals surface area contributed by atoms with Gasteiger partial charge < -0.3 is 10.1 Å². The summed E-state index contributed by atoms with van der Waals surface area (Å²) in [5, 5.41) is 4.22. The van der Waals surface area contributed by atoms with E-state index in [0.29, 0.717) is 12.0 Å². The molecule has 1 saturated heterocycles. The van der Waals surface area contributed by atoms with Gasteiger partial charge in [0.05, 0.1) is 6.61 Å². The third kappa shape index (κ3) is 4.16. The van der Waals surface area contributed by atoms with Crippen LogP contribution in [-0.2, 0) is 10.5 Å². The van der Waals surface area contributed by atoms with E-state index in [4.69, 9.17) is 16.3 Å². The van der Waals surface area contributed by atoms with Crippen LogP contribution in [0, 0.1) is 5.92 Å². The fourth-order valence-electron chi connectivity index (χ4n) is 2.21. The van der Waals surface area contributed by atoms with Crippen LogP contribution >= 0.6 is 23.4 Å². The summed E-state index contributed by atoms with van der Waals surface area (Å²) in [6, 6.07) is 8.67. The van der Waals surface area contributed by atoms with Crippen molar-refractivity contribution in [2.75, 3.05) is 26.0 Å². The Balaban J connectivity index is 1.74. The van der Waals surface area contributed by atoms with Gasteiger partial charge in [-0.3, -0.25) is 0 Å². The van der Waals surface area contributed by atoms with Crippen LogP contribution in [0.5, 0.6) is 0 Å². The zero-order valence-corrected chi connectivity index (χ0v) is 12.3. The molecular formula is C14H20ClNOS. The minimum Gasteiger partial charge on any atom is -0.381 e. The molecule has 1 aliphatic heterocycles. The maximum Gasteiger partial charge on any atom is 0.0510 e. The Morgan fingerprint density at radius 2 is 2.22 bits per heavy atom. The number of ether oxygens (including phenoxy) is 1. The van der Waals surface area contributed by atoms with Gasteiger partial charge in [0.1, 0.15) is 0 Å². The van der Waals surface area contributed by atoms with E-state index in [1.165, 1.54) is 12.0 Å². The van der Waals surface area contributed by atoms with Gasteiger partial charge in [-0.1, -0.05) is 23.7 Å². The molecule has 100 valence electrons. The van der Waals surface area contributed by atoms with Crippen LogP contribution < -0.4 is 5.32 Å². The standard InChI is InChI=1S/C14H20ClNOS/c1-16-14(12-6-7-17-8-12)10-18-9-11-2-4-13(15)5-3-11/h2-5,12,14,16H,6-10H2,1H3. The summed E-state index contributed by atoms with van der Waals surface area (Å²) in [5.41, 5.74) is 1.34. The van der Waals surface area contributed by atoms with Gasteiger partial charge in [-0.2, -0.15) is 11.8 Å². The number of hydrogen-bond donors (Lipinski definition) is 1.